The third-order valence-corrected chi connectivity index (χ3v) is 6.40. The molecule has 5 heterocycles. The number of methoxy groups -OCH3 is 1. The van der Waals surface area contributed by atoms with Crippen LogP contribution < -0.4 is 15.0 Å². The van der Waals surface area contributed by atoms with E-state index in [4.69, 9.17) is 19.4 Å². The summed E-state index contributed by atoms with van der Waals surface area (Å²) >= 11 is 0. The molecular weight excluding hydrogens is 404 g/mol. The van der Waals surface area contributed by atoms with Crippen LogP contribution in [0.1, 0.15) is 12.8 Å². The Labute approximate surface area is 186 Å². The molecule has 2 atom stereocenters. The number of pyridine rings is 2. The van der Waals surface area contributed by atoms with E-state index in [0.717, 1.165) is 52.1 Å². The number of anilines is 1. The molecular formula is C24H26N6O2. The van der Waals surface area contributed by atoms with Crippen LogP contribution in [0.25, 0.3) is 33.2 Å². The fraction of sp³-hybridized carbons (Fsp3) is 0.375. The molecule has 0 amide bonds. The van der Waals surface area contributed by atoms with Gasteiger partial charge in [-0.2, -0.15) is 5.10 Å². The zero-order chi connectivity index (χ0) is 21.7. The summed E-state index contributed by atoms with van der Waals surface area (Å²) in [6.07, 6.45) is 4.51. The monoisotopic (exact) mass is 430 g/mol. The third kappa shape index (κ3) is 3.45. The lowest BCUT2D eigenvalue weighted by Gasteiger charge is -2.33. The molecule has 2 fully saturated rings. The second-order valence-corrected chi connectivity index (χ2v) is 8.71. The van der Waals surface area contributed by atoms with Crippen molar-refractivity contribution in [2.24, 2.45) is 7.05 Å². The number of rotatable bonds is 5. The molecule has 2 bridgehead atoms. The minimum Gasteiger partial charge on any atom is -0.467 e. The Kier molecular flexibility index (Phi) is 4.69. The summed E-state index contributed by atoms with van der Waals surface area (Å²) in [4.78, 5) is 12.2. The number of nitrogens with one attached hydrogen (secondary N) is 1. The van der Waals surface area contributed by atoms with Crippen LogP contribution in [0.3, 0.4) is 0 Å². The molecule has 2 aliphatic rings. The van der Waals surface area contributed by atoms with E-state index in [1.165, 1.54) is 12.8 Å². The SMILES string of the molecule is COCOc1cc2nn(C)cc2cc1-c1ccc2nc(N3C[C@H]4CC[C@@H](C3)N4)ccc2n1. The predicted octanol–water partition coefficient (Wildman–Crippen LogP) is 3.11. The highest BCUT2D eigenvalue weighted by molar-refractivity contribution is 5.89. The van der Waals surface area contributed by atoms with E-state index in [-0.39, 0.29) is 6.79 Å². The van der Waals surface area contributed by atoms with Crippen molar-refractivity contribution < 1.29 is 9.47 Å². The van der Waals surface area contributed by atoms with E-state index in [0.29, 0.717) is 17.8 Å². The number of ether oxygens (including phenoxy) is 2. The quantitative estimate of drug-likeness (QED) is 0.488. The second-order valence-electron chi connectivity index (χ2n) is 8.71. The molecule has 32 heavy (non-hydrogen) atoms. The number of piperazine rings is 1. The molecule has 164 valence electrons. The Morgan fingerprint density at radius 3 is 2.59 bits per heavy atom. The third-order valence-electron chi connectivity index (χ3n) is 6.40. The Balaban J connectivity index is 1.37. The number of aromatic nitrogens is 4. The largest absolute Gasteiger partial charge is 0.467 e. The van der Waals surface area contributed by atoms with Crippen molar-refractivity contribution in [2.45, 2.75) is 24.9 Å². The van der Waals surface area contributed by atoms with Crippen LogP contribution in [0.2, 0.25) is 0 Å². The number of benzene rings is 1. The molecule has 0 spiro atoms. The normalized spacial score (nSPS) is 20.4. The zero-order valence-electron chi connectivity index (χ0n) is 18.3. The molecule has 6 rings (SSSR count). The van der Waals surface area contributed by atoms with E-state index in [9.17, 15) is 0 Å². The van der Waals surface area contributed by atoms with Gasteiger partial charge in [-0.15, -0.1) is 0 Å². The van der Waals surface area contributed by atoms with Crippen molar-refractivity contribution in [3.63, 3.8) is 0 Å². The number of hydrogen-bond acceptors (Lipinski definition) is 7. The summed E-state index contributed by atoms with van der Waals surface area (Å²) < 4.78 is 12.8. The summed E-state index contributed by atoms with van der Waals surface area (Å²) in [5, 5.41) is 9.21. The van der Waals surface area contributed by atoms with Gasteiger partial charge in [-0.05, 0) is 43.2 Å². The minimum absolute atomic E-state index is 0.163. The van der Waals surface area contributed by atoms with Crippen LogP contribution in [0.15, 0.2) is 42.6 Å². The fourth-order valence-electron chi connectivity index (χ4n) is 4.93. The molecule has 2 aliphatic heterocycles. The van der Waals surface area contributed by atoms with Crippen molar-refractivity contribution in [3.8, 4) is 17.0 Å². The van der Waals surface area contributed by atoms with Crippen molar-refractivity contribution in [1.82, 2.24) is 25.1 Å². The van der Waals surface area contributed by atoms with E-state index in [1.54, 1.807) is 11.8 Å². The molecule has 0 saturated carbocycles. The van der Waals surface area contributed by atoms with Crippen molar-refractivity contribution >= 4 is 27.8 Å². The van der Waals surface area contributed by atoms with Gasteiger partial charge >= 0.3 is 0 Å². The van der Waals surface area contributed by atoms with Gasteiger partial charge in [-0.25, -0.2) is 9.97 Å². The molecule has 0 radical (unpaired) electrons. The zero-order valence-corrected chi connectivity index (χ0v) is 18.3. The Bertz CT molecular complexity index is 1290. The second kappa shape index (κ2) is 7.72. The van der Waals surface area contributed by atoms with Crippen molar-refractivity contribution in [2.75, 3.05) is 31.9 Å². The maximum atomic E-state index is 5.85. The standard InChI is InChI=1S/C24H26N6O2/c1-29-11-15-9-18(23(32-14-31-2)10-22(15)28-29)19-5-6-21-20(26-19)7-8-24(27-21)30-12-16-3-4-17(13-30)25-16/h5-11,16-17,25H,3-4,12-14H2,1-2H3/t16-,17+. The average Bonchev–Trinajstić information content (AvgIpc) is 3.35. The van der Waals surface area contributed by atoms with Crippen LogP contribution in [-0.4, -0.2) is 58.8 Å². The van der Waals surface area contributed by atoms with Crippen LogP contribution >= 0.6 is 0 Å². The summed E-state index contributed by atoms with van der Waals surface area (Å²) in [5.41, 5.74) is 4.39. The van der Waals surface area contributed by atoms with Gasteiger partial charge in [0.1, 0.15) is 11.6 Å². The first-order valence-corrected chi connectivity index (χ1v) is 11.0. The van der Waals surface area contributed by atoms with Crippen molar-refractivity contribution in [3.05, 3.63) is 42.6 Å². The highest BCUT2D eigenvalue weighted by atomic mass is 16.7. The van der Waals surface area contributed by atoms with E-state index in [2.05, 4.69) is 33.5 Å². The molecule has 1 N–H and O–H groups in total. The van der Waals surface area contributed by atoms with Gasteiger partial charge in [-0.3, -0.25) is 4.68 Å². The first-order valence-electron chi connectivity index (χ1n) is 11.0. The first kappa shape index (κ1) is 19.5. The van der Waals surface area contributed by atoms with Crippen LogP contribution in [0, 0.1) is 0 Å². The summed E-state index contributed by atoms with van der Waals surface area (Å²) in [7, 11) is 3.52. The Hall–Kier alpha value is -3.23. The van der Waals surface area contributed by atoms with Gasteiger partial charge < -0.3 is 19.7 Å². The van der Waals surface area contributed by atoms with Gasteiger partial charge in [0, 0.05) is 62.5 Å². The van der Waals surface area contributed by atoms with Crippen LogP contribution in [0.5, 0.6) is 5.75 Å². The highest BCUT2D eigenvalue weighted by Gasteiger charge is 2.32. The van der Waals surface area contributed by atoms with Gasteiger partial charge in [0.2, 0.25) is 0 Å². The number of aryl methyl sites for hydroxylation is 1. The first-order chi connectivity index (χ1) is 15.7. The smallest absolute Gasteiger partial charge is 0.188 e. The van der Waals surface area contributed by atoms with Gasteiger partial charge in [-0.1, -0.05) is 0 Å². The van der Waals surface area contributed by atoms with E-state index in [1.807, 2.05) is 31.4 Å². The highest BCUT2D eigenvalue weighted by Crippen LogP contribution is 2.34. The molecule has 3 aromatic heterocycles. The predicted molar refractivity (Wildman–Crippen MR) is 124 cm³/mol. The molecule has 4 aromatic rings. The molecule has 0 aliphatic carbocycles. The van der Waals surface area contributed by atoms with E-state index < -0.39 is 0 Å². The van der Waals surface area contributed by atoms with Crippen LogP contribution in [0.4, 0.5) is 5.82 Å². The lowest BCUT2D eigenvalue weighted by atomic mass is 10.1. The molecule has 0 unspecified atom stereocenters. The maximum absolute atomic E-state index is 5.85. The van der Waals surface area contributed by atoms with Gasteiger partial charge in [0.05, 0.1) is 22.2 Å². The summed E-state index contributed by atoms with van der Waals surface area (Å²) in [6.45, 7) is 2.20. The van der Waals surface area contributed by atoms with E-state index >= 15 is 0 Å². The Morgan fingerprint density at radius 1 is 1.00 bits per heavy atom. The summed E-state index contributed by atoms with van der Waals surface area (Å²) in [5.74, 6) is 1.73. The van der Waals surface area contributed by atoms with Gasteiger partial charge in [0.15, 0.2) is 6.79 Å². The maximum Gasteiger partial charge on any atom is 0.188 e. The minimum atomic E-state index is 0.163. The number of nitrogens with zero attached hydrogens (tertiary/aromatic N) is 5. The van der Waals surface area contributed by atoms with Crippen LogP contribution in [-0.2, 0) is 11.8 Å². The van der Waals surface area contributed by atoms with Gasteiger partial charge in [0.25, 0.3) is 0 Å². The Morgan fingerprint density at radius 2 is 1.78 bits per heavy atom. The topological polar surface area (TPSA) is 77.3 Å². The lowest BCUT2D eigenvalue weighted by Crippen LogP contribution is -2.51. The molecule has 1 aromatic carbocycles. The number of hydrogen-bond donors (Lipinski definition) is 1. The average molecular weight is 431 g/mol. The van der Waals surface area contributed by atoms with Crippen molar-refractivity contribution in [1.29, 1.82) is 0 Å². The fourth-order valence-corrected chi connectivity index (χ4v) is 4.93. The molecule has 2 saturated heterocycles. The lowest BCUT2D eigenvalue weighted by molar-refractivity contribution is 0.0516. The summed E-state index contributed by atoms with van der Waals surface area (Å²) in [6, 6.07) is 13.4. The molecule has 8 heteroatoms. The molecule has 8 nitrogen and oxygen atoms in total. The number of fused-ring (bicyclic) bond motifs is 4.